The summed E-state index contributed by atoms with van der Waals surface area (Å²) in [5.41, 5.74) is 4.34. The van der Waals surface area contributed by atoms with Crippen molar-refractivity contribution in [3.63, 3.8) is 0 Å². The van der Waals surface area contributed by atoms with E-state index in [2.05, 4.69) is 51.3 Å². The molecule has 0 aromatic heterocycles. The van der Waals surface area contributed by atoms with Crippen molar-refractivity contribution in [2.24, 2.45) is 10.9 Å². The average molecular weight is 666 g/mol. The molecular weight excluding hydrogens is 628 g/mol. The number of hydrogen-bond acceptors (Lipinski definition) is 9. The molecular formula is C34H37BrN2O7. The standard InChI is InChI=1S/C34H37BrN2O7/c1-41-30-12-10-25(16-32(30)42-2)28-8-4-7-26(33(28)35)21-43-27-11-9-24(13-14-37-29(19-38)34(39)40)31(17-27)44-20-23-6-3-5-22(15-23)18-36/h3-7,9-12,14-17,28-30,32,34,38-40H,8,13,19-21H2,1-2H3. The molecule has 4 rings (SSSR count). The molecule has 2 aromatic carbocycles. The van der Waals surface area contributed by atoms with Gasteiger partial charge >= 0.3 is 0 Å². The van der Waals surface area contributed by atoms with Gasteiger partial charge in [-0.05, 0) is 53.0 Å². The van der Waals surface area contributed by atoms with Gasteiger partial charge in [-0.15, -0.1) is 0 Å². The van der Waals surface area contributed by atoms with Crippen LogP contribution in [0.1, 0.15) is 23.1 Å². The zero-order valence-electron chi connectivity index (χ0n) is 24.7. The number of nitrogens with zero attached hydrogens (tertiary/aromatic N) is 2. The molecule has 0 saturated heterocycles. The van der Waals surface area contributed by atoms with Crippen molar-refractivity contribution in [2.75, 3.05) is 27.4 Å². The van der Waals surface area contributed by atoms with E-state index < -0.39 is 18.9 Å². The summed E-state index contributed by atoms with van der Waals surface area (Å²) in [6.45, 7) is 0.0678. The lowest BCUT2D eigenvalue weighted by molar-refractivity contribution is -0.0672. The van der Waals surface area contributed by atoms with E-state index in [4.69, 9.17) is 18.9 Å². The summed E-state index contributed by atoms with van der Waals surface area (Å²) in [5.74, 6) is 1.30. The van der Waals surface area contributed by atoms with Gasteiger partial charge < -0.3 is 34.3 Å². The first-order chi connectivity index (χ1) is 21.4. The van der Waals surface area contributed by atoms with E-state index in [0.717, 1.165) is 33.2 Å². The van der Waals surface area contributed by atoms with Crippen LogP contribution in [0.4, 0.5) is 0 Å². The van der Waals surface area contributed by atoms with Crippen LogP contribution in [0.5, 0.6) is 11.5 Å². The molecule has 0 amide bonds. The van der Waals surface area contributed by atoms with Crippen molar-refractivity contribution in [3.8, 4) is 17.6 Å². The lowest BCUT2D eigenvalue weighted by atomic mass is 9.85. The Kier molecular flexibility index (Phi) is 12.5. The zero-order valence-corrected chi connectivity index (χ0v) is 26.3. The first-order valence-electron chi connectivity index (χ1n) is 14.2. The van der Waals surface area contributed by atoms with Gasteiger partial charge in [0.15, 0.2) is 6.29 Å². The highest BCUT2D eigenvalue weighted by Crippen LogP contribution is 2.38. The van der Waals surface area contributed by atoms with E-state index in [0.29, 0.717) is 30.1 Å². The highest BCUT2D eigenvalue weighted by Gasteiger charge is 2.27. The summed E-state index contributed by atoms with van der Waals surface area (Å²) in [7, 11) is 3.35. The molecule has 232 valence electrons. The first-order valence-corrected chi connectivity index (χ1v) is 15.0. The van der Waals surface area contributed by atoms with Gasteiger partial charge in [0.1, 0.15) is 43.0 Å². The maximum absolute atomic E-state index is 9.36. The Hall–Kier alpha value is -3.56. The third-order valence-corrected chi connectivity index (χ3v) is 8.49. The maximum Gasteiger partial charge on any atom is 0.176 e. The fraction of sp³-hybridized carbons (Fsp3) is 0.353. The third kappa shape index (κ3) is 8.76. The maximum atomic E-state index is 9.36. The van der Waals surface area contributed by atoms with E-state index >= 15 is 0 Å². The molecule has 0 aliphatic heterocycles. The van der Waals surface area contributed by atoms with Gasteiger partial charge in [0.05, 0.1) is 18.2 Å². The van der Waals surface area contributed by atoms with E-state index in [-0.39, 0.29) is 24.7 Å². The highest BCUT2D eigenvalue weighted by molar-refractivity contribution is 9.11. The minimum absolute atomic E-state index is 0.119. The van der Waals surface area contributed by atoms with Gasteiger partial charge in [-0.2, -0.15) is 5.26 Å². The Morgan fingerprint density at radius 2 is 1.89 bits per heavy atom. The topological polar surface area (TPSA) is 134 Å². The van der Waals surface area contributed by atoms with E-state index in [1.165, 1.54) is 6.21 Å². The number of aliphatic hydroxyl groups excluding tert-OH is 2. The second-order valence-electron chi connectivity index (χ2n) is 10.3. The molecule has 2 aliphatic rings. The number of aliphatic imine (C=N–C) groups is 1. The summed E-state index contributed by atoms with van der Waals surface area (Å²) < 4.78 is 24.6. The Morgan fingerprint density at radius 1 is 1.07 bits per heavy atom. The Morgan fingerprint density at radius 3 is 2.61 bits per heavy atom. The average Bonchev–Trinajstić information content (AvgIpc) is 3.05. The quantitative estimate of drug-likeness (QED) is 0.198. The molecule has 0 fully saturated rings. The molecule has 44 heavy (non-hydrogen) atoms. The van der Waals surface area contributed by atoms with Crippen LogP contribution in [0, 0.1) is 17.2 Å². The van der Waals surface area contributed by atoms with E-state index in [1.54, 1.807) is 38.5 Å². The summed E-state index contributed by atoms with van der Waals surface area (Å²) in [6.07, 6.45) is 11.1. The molecule has 3 N–H and O–H groups in total. The van der Waals surface area contributed by atoms with Crippen LogP contribution in [0.25, 0.3) is 0 Å². The number of methoxy groups -OCH3 is 2. The van der Waals surface area contributed by atoms with Crippen LogP contribution in [0.15, 0.2) is 93.5 Å². The molecule has 0 saturated carbocycles. The second-order valence-corrected chi connectivity index (χ2v) is 11.2. The fourth-order valence-corrected chi connectivity index (χ4v) is 5.64. The van der Waals surface area contributed by atoms with Gasteiger partial charge in [-0.3, -0.25) is 4.99 Å². The van der Waals surface area contributed by atoms with Crippen molar-refractivity contribution >= 4 is 22.1 Å². The smallest absolute Gasteiger partial charge is 0.176 e. The molecule has 0 bridgehead atoms. The lowest BCUT2D eigenvalue weighted by Crippen LogP contribution is -2.29. The minimum atomic E-state index is -1.76. The van der Waals surface area contributed by atoms with Crippen molar-refractivity contribution in [3.05, 3.63) is 105 Å². The van der Waals surface area contributed by atoms with E-state index in [1.807, 2.05) is 24.3 Å². The number of ether oxygens (including phenoxy) is 4. The van der Waals surface area contributed by atoms with Gasteiger partial charge in [0.25, 0.3) is 0 Å². The Balaban J connectivity index is 1.51. The van der Waals surface area contributed by atoms with Crippen LogP contribution in [-0.2, 0) is 22.5 Å². The number of aliphatic hydroxyl groups is 3. The summed E-state index contributed by atoms with van der Waals surface area (Å²) in [6, 6.07) is 13.8. The summed E-state index contributed by atoms with van der Waals surface area (Å²) in [5, 5.41) is 37.3. The number of benzene rings is 2. The van der Waals surface area contributed by atoms with Crippen LogP contribution in [-0.4, -0.2) is 73.5 Å². The van der Waals surface area contributed by atoms with Crippen molar-refractivity contribution in [2.45, 2.75) is 44.0 Å². The van der Waals surface area contributed by atoms with Crippen LogP contribution in [0.2, 0.25) is 0 Å². The predicted octanol–water partition coefficient (Wildman–Crippen LogP) is 4.55. The fourth-order valence-electron chi connectivity index (χ4n) is 4.94. The van der Waals surface area contributed by atoms with Crippen molar-refractivity contribution in [1.82, 2.24) is 0 Å². The van der Waals surface area contributed by atoms with Crippen molar-refractivity contribution in [1.29, 1.82) is 5.26 Å². The van der Waals surface area contributed by atoms with Crippen LogP contribution < -0.4 is 9.47 Å². The normalized spacial score (nSPS) is 20.6. The number of nitriles is 1. The molecule has 0 radical (unpaired) electrons. The van der Waals surface area contributed by atoms with Crippen molar-refractivity contribution < 1.29 is 34.3 Å². The largest absolute Gasteiger partial charge is 0.489 e. The lowest BCUT2D eigenvalue weighted by Gasteiger charge is -2.29. The van der Waals surface area contributed by atoms with Gasteiger partial charge in [-0.1, -0.05) is 58.4 Å². The molecule has 0 heterocycles. The predicted molar refractivity (Wildman–Crippen MR) is 171 cm³/mol. The molecule has 10 heteroatoms. The molecule has 4 unspecified atom stereocenters. The number of halogens is 1. The van der Waals surface area contributed by atoms with Gasteiger partial charge in [-0.25, -0.2) is 0 Å². The van der Waals surface area contributed by atoms with Crippen LogP contribution >= 0.6 is 15.9 Å². The number of allylic oxidation sites excluding steroid dienone is 4. The molecule has 4 atom stereocenters. The van der Waals surface area contributed by atoms with E-state index in [9.17, 15) is 20.6 Å². The number of rotatable bonds is 14. The Labute approximate surface area is 266 Å². The number of hydrogen-bond donors (Lipinski definition) is 3. The minimum Gasteiger partial charge on any atom is -0.489 e. The molecule has 0 spiro atoms. The summed E-state index contributed by atoms with van der Waals surface area (Å²) >= 11 is 3.83. The third-order valence-electron chi connectivity index (χ3n) is 7.43. The monoisotopic (exact) mass is 664 g/mol. The SMILES string of the molecule is COC1C=CC(C2CC=CC(COc3ccc(CC=NC(CO)C(O)O)c(OCc4cccc(C#N)c4)c3)=C2Br)=CC1OC. The Bertz CT molecular complexity index is 1470. The molecule has 9 nitrogen and oxygen atoms in total. The highest BCUT2D eigenvalue weighted by atomic mass is 79.9. The molecule has 2 aliphatic carbocycles. The second kappa shape index (κ2) is 16.5. The zero-order chi connectivity index (χ0) is 31.5. The van der Waals surface area contributed by atoms with Gasteiger partial charge in [0.2, 0.25) is 0 Å². The molecule has 2 aromatic rings. The van der Waals surface area contributed by atoms with Gasteiger partial charge in [0, 0.05) is 43.3 Å². The summed E-state index contributed by atoms with van der Waals surface area (Å²) in [4.78, 5) is 4.07. The first kappa shape index (κ1) is 33.3. The van der Waals surface area contributed by atoms with Crippen LogP contribution in [0.3, 0.4) is 0 Å².